The Morgan fingerprint density at radius 1 is 1.19 bits per heavy atom. The van der Waals surface area contributed by atoms with E-state index >= 15 is 0 Å². The second-order valence-corrected chi connectivity index (χ2v) is 6.58. The highest BCUT2D eigenvalue weighted by atomic mass is 16.4. The van der Waals surface area contributed by atoms with E-state index in [1.807, 2.05) is 0 Å². The fraction of sp³-hybridized carbons (Fsp3) is 0.529. The lowest BCUT2D eigenvalue weighted by atomic mass is 9.81. The molecule has 2 rings (SSSR count). The lowest BCUT2D eigenvalue weighted by molar-refractivity contribution is -0.138. The van der Waals surface area contributed by atoms with E-state index in [2.05, 4.69) is 15.7 Å². The van der Waals surface area contributed by atoms with Crippen molar-refractivity contribution in [1.82, 2.24) is 15.5 Å². The number of nitrogens with zero attached hydrogens (tertiary/aromatic N) is 2. The van der Waals surface area contributed by atoms with E-state index in [1.54, 1.807) is 0 Å². The molecule has 1 aliphatic heterocycles. The highest BCUT2D eigenvalue weighted by Gasteiger charge is 2.31. The molecule has 3 amide bonds. The molecule has 1 fully saturated rings. The summed E-state index contributed by atoms with van der Waals surface area (Å²) in [6, 6.07) is 0. The number of carbonyl (C=O) groups is 4. The van der Waals surface area contributed by atoms with Crippen molar-refractivity contribution in [2.45, 2.75) is 25.7 Å². The van der Waals surface area contributed by atoms with Crippen LogP contribution >= 0.6 is 0 Å². The third-order valence-electron chi connectivity index (χ3n) is 4.67. The number of hydrogen-bond acceptors (Lipinski definition) is 7. The number of imide groups is 1. The molecule has 0 aromatic carbocycles. The molecular formula is C17H23N5O5. The molecule has 1 aliphatic carbocycles. The van der Waals surface area contributed by atoms with E-state index in [9.17, 15) is 19.2 Å². The second-order valence-electron chi connectivity index (χ2n) is 6.58. The van der Waals surface area contributed by atoms with Crippen molar-refractivity contribution in [1.29, 1.82) is 5.53 Å². The van der Waals surface area contributed by atoms with Crippen LogP contribution in [0.2, 0.25) is 0 Å². The summed E-state index contributed by atoms with van der Waals surface area (Å²) in [5.41, 5.74) is 7.27. The maximum absolute atomic E-state index is 12.3. The van der Waals surface area contributed by atoms with Crippen LogP contribution in [0.15, 0.2) is 29.2 Å². The first kappa shape index (κ1) is 20.3. The van der Waals surface area contributed by atoms with E-state index in [0.29, 0.717) is 19.4 Å². The predicted molar refractivity (Wildman–Crippen MR) is 93.2 cm³/mol. The van der Waals surface area contributed by atoms with Crippen molar-refractivity contribution in [3.8, 4) is 0 Å². The maximum atomic E-state index is 12.3. The molecular weight excluding hydrogens is 354 g/mol. The van der Waals surface area contributed by atoms with Gasteiger partial charge < -0.3 is 15.7 Å². The third kappa shape index (κ3) is 6.01. The van der Waals surface area contributed by atoms with Crippen LogP contribution in [0.3, 0.4) is 0 Å². The summed E-state index contributed by atoms with van der Waals surface area (Å²) < 4.78 is 0. The van der Waals surface area contributed by atoms with Gasteiger partial charge in [-0.1, -0.05) is 0 Å². The summed E-state index contributed by atoms with van der Waals surface area (Å²) in [5.74, 6) is -1.71. The minimum absolute atomic E-state index is 0.0390. The minimum Gasteiger partial charge on any atom is -0.480 e. The second kappa shape index (κ2) is 9.60. The van der Waals surface area contributed by atoms with Gasteiger partial charge in [-0.25, -0.2) is 5.53 Å². The van der Waals surface area contributed by atoms with Crippen molar-refractivity contribution < 1.29 is 24.3 Å². The Morgan fingerprint density at radius 3 is 2.37 bits per heavy atom. The van der Waals surface area contributed by atoms with E-state index in [1.165, 1.54) is 23.3 Å². The zero-order chi connectivity index (χ0) is 19.8. The van der Waals surface area contributed by atoms with Crippen LogP contribution in [0.1, 0.15) is 25.7 Å². The van der Waals surface area contributed by atoms with Crippen molar-refractivity contribution in [3.05, 3.63) is 24.0 Å². The van der Waals surface area contributed by atoms with Crippen LogP contribution in [-0.2, 0) is 19.2 Å². The van der Waals surface area contributed by atoms with Crippen LogP contribution in [0.5, 0.6) is 0 Å². The number of carboxylic acid groups (broad SMARTS) is 1. The Hall–Kier alpha value is -3.04. The predicted octanol–water partition coefficient (Wildman–Crippen LogP) is 0.381. The fourth-order valence-electron chi connectivity index (χ4n) is 3.18. The fourth-order valence-corrected chi connectivity index (χ4v) is 3.18. The molecule has 2 aliphatic rings. The van der Waals surface area contributed by atoms with Gasteiger partial charge in [-0.2, -0.15) is 5.11 Å². The number of hydrogen-bond donors (Lipinski definition) is 4. The Bertz CT molecular complexity index is 661. The number of carboxylic acids is 1. The normalized spacial score (nSPS) is 22.7. The molecule has 0 unspecified atom stereocenters. The number of nitrogens with one attached hydrogen (secondary N) is 3. The Balaban J connectivity index is 1.72. The first-order valence-electron chi connectivity index (χ1n) is 8.73. The largest absolute Gasteiger partial charge is 0.480 e. The van der Waals surface area contributed by atoms with Gasteiger partial charge in [0.05, 0.1) is 12.2 Å². The highest BCUT2D eigenvalue weighted by Crippen LogP contribution is 2.30. The van der Waals surface area contributed by atoms with Crippen molar-refractivity contribution >= 4 is 23.7 Å². The van der Waals surface area contributed by atoms with Crippen LogP contribution < -0.4 is 10.6 Å². The number of carbonyl (C=O) groups excluding carboxylic acids is 3. The molecule has 0 radical (unpaired) electrons. The van der Waals surface area contributed by atoms with E-state index < -0.39 is 5.97 Å². The molecule has 1 saturated carbocycles. The van der Waals surface area contributed by atoms with Crippen LogP contribution in [0, 0.1) is 17.4 Å². The van der Waals surface area contributed by atoms with Crippen molar-refractivity contribution in [3.63, 3.8) is 0 Å². The molecule has 0 atom stereocenters. The molecule has 0 saturated heterocycles. The average molecular weight is 377 g/mol. The third-order valence-corrected chi connectivity index (χ3v) is 4.67. The van der Waals surface area contributed by atoms with Crippen LogP contribution in [0.25, 0.3) is 0 Å². The van der Waals surface area contributed by atoms with Gasteiger partial charge in [0.1, 0.15) is 6.54 Å². The summed E-state index contributed by atoms with van der Waals surface area (Å²) in [6.07, 6.45) is 6.66. The summed E-state index contributed by atoms with van der Waals surface area (Å²) in [7, 11) is 0. The van der Waals surface area contributed by atoms with Gasteiger partial charge in [0.25, 0.3) is 11.8 Å². The molecule has 10 nitrogen and oxygen atoms in total. The molecule has 0 spiro atoms. The first-order chi connectivity index (χ1) is 12.9. The Labute approximate surface area is 156 Å². The van der Waals surface area contributed by atoms with Gasteiger partial charge in [-0.05, 0) is 31.6 Å². The smallest absolute Gasteiger partial charge is 0.322 e. The van der Waals surface area contributed by atoms with Crippen molar-refractivity contribution in [2.24, 2.45) is 17.0 Å². The number of rotatable bonds is 9. The summed E-state index contributed by atoms with van der Waals surface area (Å²) in [4.78, 5) is 47.2. The molecule has 0 aromatic heterocycles. The SMILES string of the molecule is N=N/C(=C\NCC(=O)O)CNC(=O)C1CCC(CN2C(=O)C=CC2=O)CC1. The number of aliphatic carboxylic acids is 1. The standard InChI is InChI=1S/C17H23N5O5/c18-21-13(7-19-9-16(25)26)8-20-17(27)12-3-1-11(2-4-12)10-22-14(23)5-6-15(22)24/h5-7,11-12,18-19H,1-4,8-10H2,(H,20,27)(H,25,26)/b13-7-,21-18?. The average Bonchev–Trinajstić information content (AvgIpc) is 2.96. The van der Waals surface area contributed by atoms with Gasteiger partial charge in [0, 0.05) is 30.8 Å². The Morgan fingerprint density at radius 2 is 1.81 bits per heavy atom. The van der Waals surface area contributed by atoms with Gasteiger partial charge in [0.2, 0.25) is 5.91 Å². The molecule has 4 N–H and O–H groups in total. The molecule has 0 aromatic rings. The summed E-state index contributed by atoms with van der Waals surface area (Å²) >= 11 is 0. The quantitative estimate of drug-likeness (QED) is 0.337. The van der Waals surface area contributed by atoms with Crippen molar-refractivity contribution in [2.75, 3.05) is 19.6 Å². The minimum atomic E-state index is -1.04. The van der Waals surface area contributed by atoms with Crippen LogP contribution in [0.4, 0.5) is 0 Å². The summed E-state index contributed by atoms with van der Waals surface area (Å²) in [5, 5.41) is 17.0. The zero-order valence-electron chi connectivity index (χ0n) is 14.8. The highest BCUT2D eigenvalue weighted by molar-refractivity contribution is 6.12. The molecule has 0 bridgehead atoms. The molecule has 1 heterocycles. The van der Waals surface area contributed by atoms with E-state index in [4.69, 9.17) is 10.6 Å². The van der Waals surface area contributed by atoms with Crippen LogP contribution in [-0.4, -0.2) is 53.3 Å². The number of amides is 3. The lowest BCUT2D eigenvalue weighted by Crippen LogP contribution is -2.38. The van der Waals surface area contributed by atoms with Gasteiger partial charge in [-0.15, -0.1) is 0 Å². The lowest BCUT2D eigenvalue weighted by Gasteiger charge is -2.30. The zero-order valence-corrected chi connectivity index (χ0v) is 14.8. The monoisotopic (exact) mass is 377 g/mol. The summed E-state index contributed by atoms with van der Waals surface area (Å²) in [6.45, 7) is 0.130. The molecule has 27 heavy (non-hydrogen) atoms. The van der Waals surface area contributed by atoms with Gasteiger partial charge in [-0.3, -0.25) is 24.1 Å². The van der Waals surface area contributed by atoms with Gasteiger partial charge >= 0.3 is 5.97 Å². The van der Waals surface area contributed by atoms with E-state index in [0.717, 1.165) is 12.8 Å². The van der Waals surface area contributed by atoms with Gasteiger partial charge in [0.15, 0.2) is 0 Å². The first-order valence-corrected chi connectivity index (χ1v) is 8.73. The topological polar surface area (TPSA) is 152 Å². The van der Waals surface area contributed by atoms with E-state index in [-0.39, 0.29) is 48.3 Å². The molecule has 10 heteroatoms. The maximum Gasteiger partial charge on any atom is 0.322 e. The Kier molecular flexibility index (Phi) is 7.21. The molecule has 146 valence electrons.